The highest BCUT2D eigenvalue weighted by Gasteiger charge is 2.38. The molecule has 0 amide bonds. The standard InChI is InChI=1S/C45H51N3O3/c46-40-36(29-18-8-2-9-19-29)35(28-16-6-1-7-17-28)37(41(47)42(40)48)33-26-27-34(43(49)30-20-10-3-11-21-30)39(45(51)32-24-14-5-15-25-32)38(33)44(50)31-22-12-4-13-23-31/h1-2,6-9,16-19,26-27,30-32H,3-5,10-15,20-25,46-48H2. The van der Waals surface area contributed by atoms with Crippen molar-refractivity contribution >= 4 is 34.4 Å². The van der Waals surface area contributed by atoms with Crippen molar-refractivity contribution in [2.75, 3.05) is 17.2 Å². The van der Waals surface area contributed by atoms with Crippen LogP contribution in [0.15, 0.2) is 72.8 Å². The Morgan fingerprint density at radius 3 is 1.31 bits per heavy atom. The fourth-order valence-corrected chi connectivity index (χ4v) is 9.14. The van der Waals surface area contributed by atoms with Gasteiger partial charge in [-0.15, -0.1) is 0 Å². The van der Waals surface area contributed by atoms with Crippen molar-refractivity contribution in [3.63, 3.8) is 0 Å². The minimum absolute atomic E-state index is 0.00356. The second-order valence-electron chi connectivity index (χ2n) is 15.1. The van der Waals surface area contributed by atoms with Gasteiger partial charge in [-0.1, -0.05) is 131 Å². The summed E-state index contributed by atoms with van der Waals surface area (Å²) in [4.78, 5) is 44.9. The Labute approximate surface area is 302 Å². The predicted octanol–water partition coefficient (Wildman–Crippen LogP) is 10.7. The highest BCUT2D eigenvalue weighted by atomic mass is 16.1. The van der Waals surface area contributed by atoms with Crippen LogP contribution in [-0.2, 0) is 0 Å². The largest absolute Gasteiger partial charge is 0.396 e. The third-order valence-electron chi connectivity index (χ3n) is 11.9. The van der Waals surface area contributed by atoms with Gasteiger partial charge in [-0.25, -0.2) is 0 Å². The molecule has 6 N–H and O–H groups in total. The number of anilines is 3. The molecule has 0 saturated heterocycles. The number of hydrogen-bond acceptors (Lipinski definition) is 6. The number of ketones is 3. The van der Waals surface area contributed by atoms with E-state index in [1.54, 1.807) is 0 Å². The lowest BCUT2D eigenvalue weighted by molar-refractivity contribution is 0.0840. The van der Waals surface area contributed by atoms with E-state index in [2.05, 4.69) is 0 Å². The Morgan fingerprint density at radius 2 is 0.824 bits per heavy atom. The molecular weight excluding hydrogens is 631 g/mol. The number of Topliss-reactive ketones (excluding diaryl/α,β-unsaturated/α-hetero) is 3. The molecule has 0 spiro atoms. The molecule has 0 heterocycles. The highest BCUT2D eigenvalue weighted by Crippen LogP contribution is 2.52. The molecule has 0 unspecified atom stereocenters. The van der Waals surface area contributed by atoms with Crippen molar-refractivity contribution in [2.45, 2.75) is 96.3 Å². The third kappa shape index (κ3) is 6.73. The van der Waals surface area contributed by atoms with E-state index in [0.717, 1.165) is 119 Å². The summed E-state index contributed by atoms with van der Waals surface area (Å²) in [6, 6.07) is 23.5. The Bertz CT molecular complexity index is 1920. The molecule has 3 saturated carbocycles. The molecule has 0 atom stereocenters. The Balaban J connectivity index is 1.58. The van der Waals surface area contributed by atoms with E-state index in [-0.39, 0.29) is 46.5 Å². The molecule has 4 aromatic rings. The first kappa shape index (κ1) is 34.7. The maximum absolute atomic E-state index is 15.3. The Morgan fingerprint density at radius 1 is 0.412 bits per heavy atom. The summed E-state index contributed by atoms with van der Waals surface area (Å²) in [5.41, 5.74) is 27.0. The number of hydrogen-bond donors (Lipinski definition) is 3. The first-order chi connectivity index (χ1) is 24.9. The summed E-state index contributed by atoms with van der Waals surface area (Å²) in [6.45, 7) is 0. The van der Waals surface area contributed by atoms with Gasteiger partial charge in [0.05, 0.1) is 17.1 Å². The Hall–Kier alpha value is -4.71. The van der Waals surface area contributed by atoms with E-state index in [9.17, 15) is 4.79 Å². The van der Waals surface area contributed by atoms with Crippen LogP contribution < -0.4 is 17.2 Å². The average molecular weight is 682 g/mol. The molecule has 3 aliphatic carbocycles. The fourth-order valence-electron chi connectivity index (χ4n) is 9.14. The summed E-state index contributed by atoms with van der Waals surface area (Å²) >= 11 is 0. The minimum atomic E-state index is -0.239. The maximum Gasteiger partial charge on any atom is 0.167 e. The van der Waals surface area contributed by atoms with E-state index in [1.165, 1.54) is 0 Å². The van der Waals surface area contributed by atoms with E-state index in [1.807, 2.05) is 72.8 Å². The van der Waals surface area contributed by atoms with E-state index in [4.69, 9.17) is 17.2 Å². The Kier molecular flexibility index (Phi) is 10.4. The van der Waals surface area contributed by atoms with Gasteiger partial charge in [0, 0.05) is 51.1 Å². The van der Waals surface area contributed by atoms with Crippen LogP contribution in [0.25, 0.3) is 33.4 Å². The topological polar surface area (TPSA) is 129 Å². The molecule has 264 valence electrons. The lowest BCUT2D eigenvalue weighted by Gasteiger charge is -2.29. The molecule has 0 radical (unpaired) electrons. The smallest absolute Gasteiger partial charge is 0.167 e. The molecule has 4 aromatic carbocycles. The van der Waals surface area contributed by atoms with Crippen LogP contribution in [0.3, 0.4) is 0 Å². The number of nitrogen functional groups attached to an aromatic ring is 3. The maximum atomic E-state index is 15.3. The monoisotopic (exact) mass is 681 g/mol. The summed E-state index contributed by atoms with van der Waals surface area (Å²) in [6.07, 6.45) is 13.8. The SMILES string of the molecule is Nc1c(N)c(-c2ccccc2)c(-c2ccccc2)c(-c2ccc(C(=O)C3CCCCC3)c(C(=O)C3CCCCC3)c2C(=O)C2CCCCC2)c1N. The van der Waals surface area contributed by atoms with Crippen molar-refractivity contribution in [2.24, 2.45) is 17.8 Å². The quantitative estimate of drug-likeness (QED) is 0.119. The molecule has 6 heteroatoms. The summed E-state index contributed by atoms with van der Waals surface area (Å²) < 4.78 is 0. The number of carbonyl (C=O) groups is 3. The van der Waals surface area contributed by atoms with E-state index in [0.29, 0.717) is 33.5 Å². The predicted molar refractivity (Wildman–Crippen MR) is 209 cm³/mol. The second kappa shape index (κ2) is 15.3. The van der Waals surface area contributed by atoms with E-state index < -0.39 is 0 Å². The number of benzene rings is 4. The average Bonchev–Trinajstić information content (AvgIpc) is 3.20. The zero-order valence-electron chi connectivity index (χ0n) is 29.7. The van der Waals surface area contributed by atoms with Crippen molar-refractivity contribution in [3.8, 4) is 33.4 Å². The van der Waals surface area contributed by atoms with Crippen LogP contribution in [0, 0.1) is 17.8 Å². The summed E-state index contributed by atoms with van der Waals surface area (Å²) in [5, 5.41) is 0. The lowest BCUT2D eigenvalue weighted by Crippen LogP contribution is -2.29. The van der Waals surface area contributed by atoms with Gasteiger partial charge in [-0.3, -0.25) is 14.4 Å². The highest BCUT2D eigenvalue weighted by molar-refractivity contribution is 6.22. The molecule has 51 heavy (non-hydrogen) atoms. The van der Waals surface area contributed by atoms with Crippen LogP contribution in [0.4, 0.5) is 17.1 Å². The normalized spacial score (nSPS) is 17.6. The van der Waals surface area contributed by atoms with Gasteiger partial charge in [-0.2, -0.15) is 0 Å². The fraction of sp³-hybridized carbons (Fsp3) is 0.400. The molecule has 7 rings (SSSR count). The van der Waals surface area contributed by atoms with Gasteiger partial charge in [0.25, 0.3) is 0 Å². The zero-order chi connectivity index (χ0) is 35.5. The van der Waals surface area contributed by atoms with Gasteiger partial charge in [-0.05, 0) is 55.2 Å². The van der Waals surface area contributed by atoms with Gasteiger partial charge < -0.3 is 17.2 Å². The van der Waals surface area contributed by atoms with Gasteiger partial charge in [0.1, 0.15) is 0 Å². The molecular formula is C45H51N3O3. The van der Waals surface area contributed by atoms with Crippen molar-refractivity contribution in [1.29, 1.82) is 0 Å². The van der Waals surface area contributed by atoms with Crippen LogP contribution in [0.2, 0.25) is 0 Å². The van der Waals surface area contributed by atoms with Gasteiger partial charge in [0.15, 0.2) is 17.3 Å². The number of nitrogens with two attached hydrogens (primary N) is 3. The minimum Gasteiger partial charge on any atom is -0.396 e. The van der Waals surface area contributed by atoms with Crippen molar-refractivity contribution < 1.29 is 14.4 Å². The molecule has 3 fully saturated rings. The number of rotatable bonds is 9. The van der Waals surface area contributed by atoms with Crippen molar-refractivity contribution in [1.82, 2.24) is 0 Å². The molecule has 6 nitrogen and oxygen atoms in total. The second-order valence-corrected chi connectivity index (χ2v) is 15.1. The zero-order valence-corrected chi connectivity index (χ0v) is 29.7. The first-order valence-corrected chi connectivity index (χ1v) is 19.3. The number of carbonyl (C=O) groups excluding carboxylic acids is 3. The van der Waals surface area contributed by atoms with Crippen LogP contribution >= 0.6 is 0 Å². The van der Waals surface area contributed by atoms with Crippen LogP contribution in [0.5, 0.6) is 0 Å². The summed E-state index contributed by atoms with van der Waals surface area (Å²) in [5.74, 6) is -0.750. The molecule has 0 aromatic heterocycles. The third-order valence-corrected chi connectivity index (χ3v) is 11.9. The first-order valence-electron chi connectivity index (χ1n) is 19.3. The van der Waals surface area contributed by atoms with Crippen LogP contribution in [-0.4, -0.2) is 17.3 Å². The van der Waals surface area contributed by atoms with Crippen LogP contribution in [0.1, 0.15) is 127 Å². The van der Waals surface area contributed by atoms with Crippen molar-refractivity contribution in [3.05, 3.63) is 89.5 Å². The molecule has 0 bridgehead atoms. The summed E-state index contributed by atoms with van der Waals surface area (Å²) in [7, 11) is 0. The van der Waals surface area contributed by atoms with Gasteiger partial charge >= 0.3 is 0 Å². The van der Waals surface area contributed by atoms with Gasteiger partial charge in [0.2, 0.25) is 0 Å². The molecule has 0 aliphatic heterocycles. The van der Waals surface area contributed by atoms with E-state index >= 15 is 9.59 Å². The lowest BCUT2D eigenvalue weighted by atomic mass is 9.73. The molecule has 3 aliphatic rings.